The molecule has 1 heterocycles. The number of rotatable bonds is 4. The number of H-pyrrole nitrogens is 1. The number of ether oxygens (including phenoxy) is 1. The fourth-order valence-corrected chi connectivity index (χ4v) is 2.10. The van der Waals surface area contributed by atoms with Crippen LogP contribution in [0.1, 0.15) is 18.9 Å². The molecule has 2 rings (SSSR count). The van der Waals surface area contributed by atoms with Gasteiger partial charge in [0.15, 0.2) is 0 Å². The third-order valence-electron chi connectivity index (χ3n) is 2.79. The van der Waals surface area contributed by atoms with Gasteiger partial charge >= 0.3 is 0 Å². The van der Waals surface area contributed by atoms with E-state index in [0.29, 0.717) is 17.2 Å². The van der Waals surface area contributed by atoms with E-state index in [1.54, 1.807) is 14.0 Å². The number of carbonyl (C=O) groups is 1. The maximum absolute atomic E-state index is 11.0. The van der Waals surface area contributed by atoms with Crippen LogP contribution in [0.4, 0.5) is 0 Å². The van der Waals surface area contributed by atoms with Crippen molar-refractivity contribution in [1.82, 2.24) is 4.98 Å². The summed E-state index contributed by atoms with van der Waals surface area (Å²) in [4.78, 5) is 14.1. The first-order chi connectivity index (χ1) is 8.11. The smallest absolute Gasteiger partial charge is 0.138 e. The number of halogens is 1. The maximum atomic E-state index is 11.0. The quantitative estimate of drug-likeness (QED) is 0.906. The van der Waals surface area contributed by atoms with Gasteiger partial charge in [-0.3, -0.25) is 0 Å². The fraction of sp³-hybridized carbons (Fsp3) is 0.308. The van der Waals surface area contributed by atoms with E-state index in [0.717, 1.165) is 22.9 Å². The first kappa shape index (κ1) is 12.0. The Labute approximate surface area is 105 Å². The minimum absolute atomic E-state index is 0.195. The van der Waals surface area contributed by atoms with Crippen molar-refractivity contribution in [1.29, 1.82) is 0 Å². The predicted molar refractivity (Wildman–Crippen MR) is 68.9 cm³/mol. The molecule has 0 amide bonds. The summed E-state index contributed by atoms with van der Waals surface area (Å²) >= 11 is 6.04. The van der Waals surface area contributed by atoms with E-state index in [-0.39, 0.29) is 5.78 Å². The summed E-state index contributed by atoms with van der Waals surface area (Å²) in [5.41, 5.74) is 2.08. The van der Waals surface area contributed by atoms with Crippen LogP contribution < -0.4 is 4.74 Å². The standard InChI is InChI=1S/C13H14ClNO2/c1-8(16)3-4-9-7-15-12-6-11(14)13(17-2)5-10(9)12/h5-7,15H,3-4H2,1-2H3. The summed E-state index contributed by atoms with van der Waals surface area (Å²) in [6, 6.07) is 3.75. The van der Waals surface area contributed by atoms with Crippen LogP contribution in [-0.4, -0.2) is 17.9 Å². The Morgan fingerprint density at radius 3 is 2.88 bits per heavy atom. The van der Waals surface area contributed by atoms with Gasteiger partial charge in [0.1, 0.15) is 11.5 Å². The highest BCUT2D eigenvalue weighted by Crippen LogP contribution is 2.31. The van der Waals surface area contributed by atoms with Gasteiger partial charge in [0.25, 0.3) is 0 Å². The molecule has 0 fully saturated rings. The van der Waals surface area contributed by atoms with Crippen LogP contribution in [0.2, 0.25) is 5.02 Å². The lowest BCUT2D eigenvalue weighted by atomic mass is 10.1. The van der Waals surface area contributed by atoms with E-state index in [9.17, 15) is 4.79 Å². The summed E-state index contributed by atoms with van der Waals surface area (Å²) in [6.07, 6.45) is 3.21. The number of aryl methyl sites for hydroxylation is 1. The van der Waals surface area contributed by atoms with Gasteiger partial charge in [-0.2, -0.15) is 0 Å². The number of aromatic nitrogens is 1. The second kappa shape index (κ2) is 4.80. The molecule has 1 aromatic heterocycles. The molecule has 1 N–H and O–H groups in total. The van der Waals surface area contributed by atoms with Crippen molar-refractivity contribution in [2.75, 3.05) is 7.11 Å². The molecule has 0 aliphatic heterocycles. The molecule has 0 aliphatic rings. The Morgan fingerprint density at radius 1 is 1.47 bits per heavy atom. The van der Waals surface area contributed by atoms with Gasteiger partial charge in [-0.1, -0.05) is 11.6 Å². The topological polar surface area (TPSA) is 42.1 Å². The predicted octanol–water partition coefficient (Wildman–Crippen LogP) is 3.35. The Bertz CT molecular complexity index is 560. The molecule has 0 unspecified atom stereocenters. The zero-order chi connectivity index (χ0) is 12.4. The highest BCUT2D eigenvalue weighted by Gasteiger charge is 2.09. The number of aromatic amines is 1. The maximum Gasteiger partial charge on any atom is 0.138 e. The van der Waals surface area contributed by atoms with Crippen LogP contribution >= 0.6 is 11.6 Å². The van der Waals surface area contributed by atoms with E-state index < -0.39 is 0 Å². The van der Waals surface area contributed by atoms with E-state index in [4.69, 9.17) is 16.3 Å². The van der Waals surface area contributed by atoms with Crippen molar-refractivity contribution in [2.24, 2.45) is 0 Å². The number of methoxy groups -OCH3 is 1. The van der Waals surface area contributed by atoms with E-state index in [1.807, 2.05) is 18.3 Å². The molecule has 0 bridgehead atoms. The van der Waals surface area contributed by atoms with Crippen molar-refractivity contribution < 1.29 is 9.53 Å². The van der Waals surface area contributed by atoms with Crippen molar-refractivity contribution in [2.45, 2.75) is 19.8 Å². The molecule has 0 spiro atoms. The Morgan fingerprint density at radius 2 is 2.24 bits per heavy atom. The first-order valence-electron chi connectivity index (χ1n) is 5.44. The van der Waals surface area contributed by atoms with Crippen LogP contribution in [0.3, 0.4) is 0 Å². The largest absolute Gasteiger partial charge is 0.495 e. The van der Waals surface area contributed by atoms with Crippen molar-refractivity contribution in [3.8, 4) is 5.75 Å². The average Bonchev–Trinajstić information content (AvgIpc) is 2.67. The van der Waals surface area contributed by atoms with Crippen LogP contribution in [0.15, 0.2) is 18.3 Å². The fourth-order valence-electron chi connectivity index (χ4n) is 1.86. The third kappa shape index (κ3) is 2.44. The third-order valence-corrected chi connectivity index (χ3v) is 3.08. The molecule has 0 radical (unpaired) electrons. The molecule has 90 valence electrons. The minimum Gasteiger partial charge on any atom is -0.495 e. The second-order valence-electron chi connectivity index (χ2n) is 4.05. The number of Topliss-reactive ketones (excluding diaryl/α,β-unsaturated/α-hetero) is 1. The van der Waals surface area contributed by atoms with E-state index in [1.165, 1.54) is 0 Å². The zero-order valence-electron chi connectivity index (χ0n) is 9.84. The molecule has 1 aromatic carbocycles. The lowest BCUT2D eigenvalue weighted by molar-refractivity contribution is -0.116. The molecule has 0 atom stereocenters. The van der Waals surface area contributed by atoms with Crippen LogP contribution in [-0.2, 0) is 11.2 Å². The number of hydrogen-bond acceptors (Lipinski definition) is 2. The zero-order valence-corrected chi connectivity index (χ0v) is 10.6. The van der Waals surface area contributed by atoms with Crippen molar-refractivity contribution in [3.05, 3.63) is 28.9 Å². The lowest BCUT2D eigenvalue weighted by Gasteiger charge is -2.04. The Balaban J connectivity index is 2.41. The Hall–Kier alpha value is -1.48. The molecular formula is C13H14ClNO2. The molecule has 3 nitrogen and oxygen atoms in total. The number of nitrogens with one attached hydrogen (secondary N) is 1. The molecule has 0 saturated heterocycles. The Kier molecular flexibility index (Phi) is 3.38. The monoisotopic (exact) mass is 251 g/mol. The van der Waals surface area contributed by atoms with Gasteiger partial charge in [-0.15, -0.1) is 0 Å². The summed E-state index contributed by atoms with van der Waals surface area (Å²) in [5.74, 6) is 0.850. The van der Waals surface area contributed by atoms with Crippen molar-refractivity contribution in [3.63, 3.8) is 0 Å². The highest BCUT2D eigenvalue weighted by atomic mass is 35.5. The molecule has 0 aliphatic carbocycles. The number of benzene rings is 1. The molecule has 17 heavy (non-hydrogen) atoms. The second-order valence-corrected chi connectivity index (χ2v) is 4.46. The van der Waals surface area contributed by atoms with Gasteiger partial charge in [0.2, 0.25) is 0 Å². The number of hydrogen-bond donors (Lipinski definition) is 1. The molecular weight excluding hydrogens is 238 g/mol. The molecule has 4 heteroatoms. The molecule has 0 saturated carbocycles. The van der Waals surface area contributed by atoms with Gasteiger partial charge in [-0.05, 0) is 31.0 Å². The summed E-state index contributed by atoms with van der Waals surface area (Å²) in [7, 11) is 1.59. The van der Waals surface area contributed by atoms with Crippen LogP contribution in [0.25, 0.3) is 10.9 Å². The number of carbonyl (C=O) groups excluding carboxylic acids is 1. The summed E-state index contributed by atoms with van der Waals surface area (Å²) < 4.78 is 5.19. The number of fused-ring (bicyclic) bond motifs is 1. The highest BCUT2D eigenvalue weighted by molar-refractivity contribution is 6.32. The number of ketones is 1. The van der Waals surface area contributed by atoms with Gasteiger partial charge < -0.3 is 14.5 Å². The van der Waals surface area contributed by atoms with Crippen LogP contribution in [0, 0.1) is 0 Å². The summed E-state index contributed by atoms with van der Waals surface area (Å²) in [6.45, 7) is 1.60. The first-order valence-corrected chi connectivity index (χ1v) is 5.82. The lowest BCUT2D eigenvalue weighted by Crippen LogP contribution is -1.93. The van der Waals surface area contributed by atoms with Gasteiger partial charge in [-0.25, -0.2) is 0 Å². The van der Waals surface area contributed by atoms with E-state index in [2.05, 4.69) is 4.98 Å². The minimum atomic E-state index is 0.195. The SMILES string of the molecule is COc1cc2c(CCC(C)=O)c[nH]c2cc1Cl. The van der Waals surface area contributed by atoms with Gasteiger partial charge in [0.05, 0.1) is 12.1 Å². The van der Waals surface area contributed by atoms with Crippen molar-refractivity contribution >= 4 is 28.3 Å². The average molecular weight is 252 g/mol. The van der Waals surface area contributed by atoms with E-state index >= 15 is 0 Å². The summed E-state index contributed by atoms with van der Waals surface area (Å²) in [5, 5.41) is 1.65. The normalized spacial score (nSPS) is 10.8. The van der Waals surface area contributed by atoms with Gasteiger partial charge in [0, 0.05) is 23.5 Å². The van der Waals surface area contributed by atoms with Crippen LogP contribution in [0.5, 0.6) is 5.75 Å². The molecule has 2 aromatic rings.